The number of aromatic hydroxyl groups is 3. The number of benzene rings is 7. The molecule has 7 aliphatic rings. The Labute approximate surface area is 688 Å². The van der Waals surface area contributed by atoms with Crippen LogP contribution in [0.5, 0.6) is 46.0 Å². The first-order chi connectivity index (χ1) is 56.1. The number of aliphatic hydroxyl groups excluding tert-OH is 5. The molecule has 0 aliphatic carbocycles. The summed E-state index contributed by atoms with van der Waals surface area (Å²) in [4.78, 5) is 113. The van der Waals surface area contributed by atoms with Crippen molar-refractivity contribution >= 4 is 82.1 Å². The van der Waals surface area contributed by atoms with Crippen LogP contribution < -0.4 is 57.6 Å². The van der Waals surface area contributed by atoms with Gasteiger partial charge in [-0.1, -0.05) is 128 Å². The number of oxazole rings is 1. The molecule has 18 atom stereocenters. The molecule has 118 heavy (non-hydrogen) atoms. The highest BCUT2D eigenvalue weighted by atomic mass is 35.5. The molecule has 622 valence electrons. The molecule has 19 N–H and O–H groups in total. The molecule has 8 heterocycles. The highest BCUT2D eigenvalue weighted by Gasteiger charge is 2.52. The number of aliphatic hydroxyl groups is 5. The number of hydrogen-bond acceptors (Lipinski definition) is 27. The molecule has 1 aromatic heterocycles. The summed E-state index contributed by atoms with van der Waals surface area (Å²) in [7, 11) is 1.50. The third kappa shape index (κ3) is 18.2. The van der Waals surface area contributed by atoms with E-state index in [0.29, 0.717) is 22.6 Å². The Hall–Kier alpha value is -11.0. The van der Waals surface area contributed by atoms with Crippen molar-refractivity contribution < 1.29 is 112 Å². The number of nitrogens with two attached hydrogens (primary N) is 2. The van der Waals surface area contributed by atoms with E-state index in [-0.39, 0.29) is 84.8 Å². The standard InChI is InChI=1S/C82H86Cl2N10O23S/c1-34(2)23-48(87-6)74(104)93-65-67(100)41-19-22-53(47(84)26-41)113-55-28-42-27-54(71(55)116-80-72(115-58-32-82(5,86)73(103)36(4)111-58)69(102)68(101)56(114-80)33-118-81-94-61(37-13-9-7-10-14-37)70(117-81)38-15-11-8-12-16-38)112-52-21-18-40(25-46(52)83)66(99)64-78(108)92-63(79(109)110)45-29-43(95)30-51(97)59(45)44-24-39(17-20-50(44)96)60(35(3)88-64)90-76(106)62(42)91-75(105)49(31-57(85)98)89-77(65)107/h7-22,24-30,34,36,48-49,56,58,60,62-69,72-73,80,87,95-97,99-103H,23,31-33,86H2,1-6H3,(H2,85,98)(H,89,107)(H,90,106)(H,91,105)(H,92,108)(H,93,104)(H,109,110)/t36?,48-,49-,56?,58?,60?,62?,63+,64-,65+,66+,67+,68?,69?,72?,73?,80?,82?/m0/s1. The van der Waals surface area contributed by atoms with E-state index >= 15 is 19.2 Å². The lowest BCUT2D eigenvalue weighted by Crippen LogP contribution is -2.64. The lowest BCUT2D eigenvalue weighted by Gasteiger charge is -2.47. The number of carbonyl (C=O) groups is 7. The van der Waals surface area contributed by atoms with Crippen molar-refractivity contribution in [1.82, 2.24) is 36.9 Å². The number of aromatic nitrogens is 1. The molecule has 6 amide bonds. The van der Waals surface area contributed by atoms with Crippen molar-refractivity contribution in [3.63, 3.8) is 0 Å². The maximum atomic E-state index is 16.4. The Morgan fingerprint density at radius 2 is 1.34 bits per heavy atom. The van der Waals surface area contributed by atoms with Crippen molar-refractivity contribution in [3.8, 4) is 79.7 Å². The minimum absolute atomic E-state index is 0.0767. The summed E-state index contributed by atoms with van der Waals surface area (Å²) in [5, 5.41) is 122. The number of likely N-dealkylation sites (N-methyl/N-ethyl adjacent to an activating group) is 1. The normalized spacial score (nSPS) is 26.9. The number of aliphatic carboxylic acids is 1. The van der Waals surface area contributed by atoms with Gasteiger partial charge in [-0.2, -0.15) is 0 Å². The first-order valence-corrected chi connectivity index (χ1v) is 39.2. The number of primary amides is 1. The molecule has 15 rings (SSSR count). The topological polar surface area (TPSA) is 520 Å². The zero-order chi connectivity index (χ0) is 84.6. The number of aliphatic imine (C=N–C) groups is 1. The molecule has 7 aromatic carbocycles. The fourth-order valence-corrected chi connectivity index (χ4v) is 16.1. The van der Waals surface area contributed by atoms with Crippen molar-refractivity contribution in [1.29, 1.82) is 0 Å². The average molecular weight is 1680 g/mol. The van der Waals surface area contributed by atoms with E-state index in [1.165, 1.54) is 63.4 Å². The van der Waals surface area contributed by atoms with Gasteiger partial charge in [-0.25, -0.2) is 9.78 Å². The number of phenols is 3. The molecule has 11 unspecified atom stereocenters. The molecule has 0 radical (unpaired) electrons. The number of hydrogen-bond donors (Lipinski definition) is 17. The van der Waals surface area contributed by atoms with E-state index in [2.05, 4.69) is 36.9 Å². The van der Waals surface area contributed by atoms with Crippen molar-refractivity contribution in [2.45, 2.75) is 168 Å². The number of amides is 6. The van der Waals surface area contributed by atoms with Crippen LogP contribution in [-0.4, -0.2) is 190 Å². The minimum atomic E-state index is -2.24. The summed E-state index contributed by atoms with van der Waals surface area (Å²) < 4.78 is 46.8. The molecular weight excluding hydrogens is 1600 g/mol. The fourth-order valence-electron chi connectivity index (χ4n) is 14.7. The van der Waals surface area contributed by atoms with Gasteiger partial charge in [-0.15, -0.1) is 0 Å². The predicted molar refractivity (Wildman–Crippen MR) is 425 cm³/mol. The van der Waals surface area contributed by atoms with Gasteiger partial charge >= 0.3 is 5.97 Å². The van der Waals surface area contributed by atoms with Crippen molar-refractivity contribution in [2.24, 2.45) is 22.4 Å². The van der Waals surface area contributed by atoms with E-state index in [1.54, 1.807) is 6.92 Å². The highest BCUT2D eigenvalue weighted by Crippen LogP contribution is 2.51. The van der Waals surface area contributed by atoms with Crippen LogP contribution in [0.1, 0.15) is 112 Å². The molecule has 11 bridgehead atoms. The SMILES string of the molecule is CN[C@@H](CC(C)C)C(=O)N[C@H]1C(=O)N[C@@H](CC(N)=O)C(=O)NC2C(=O)NC3C(C)=N[C@H](C(=O)N[C@@H](C(=O)O)c4cc(O)cc(O)c4-c4cc3ccc4O)[C@H](O)c3ccc(c(Cl)c3)Oc3cc2cc(c3OC2OC(CSc3nc(-c4ccccc4)c(-c4ccccc4)o3)C(O)C(O)C2OC2CC(C)(N)C(O)C(C)O2)Oc2ccc(cc2Cl)[C@H]1O. The van der Waals surface area contributed by atoms with Gasteiger partial charge in [0.25, 0.3) is 5.22 Å². The summed E-state index contributed by atoms with van der Waals surface area (Å²) in [6.07, 6.45) is -18.0. The highest BCUT2D eigenvalue weighted by molar-refractivity contribution is 7.99. The number of nitrogens with zero attached hydrogens (tertiary/aromatic N) is 2. The Morgan fingerprint density at radius 1 is 0.712 bits per heavy atom. The molecule has 2 saturated heterocycles. The van der Waals surface area contributed by atoms with E-state index in [4.69, 9.17) is 72.5 Å². The van der Waals surface area contributed by atoms with Gasteiger partial charge < -0.3 is 122 Å². The third-order valence-electron chi connectivity index (χ3n) is 20.8. The van der Waals surface area contributed by atoms with E-state index in [1.807, 2.05) is 74.5 Å². The maximum Gasteiger partial charge on any atom is 0.330 e. The number of fused-ring (bicyclic) bond motifs is 15. The number of carboxylic acid groups (broad SMARTS) is 1. The summed E-state index contributed by atoms with van der Waals surface area (Å²) in [5.74, 6) is -13.4. The van der Waals surface area contributed by atoms with Crippen molar-refractivity contribution in [3.05, 3.63) is 177 Å². The number of halogens is 2. The summed E-state index contributed by atoms with van der Waals surface area (Å²) in [5.41, 5.74) is 10.7. The van der Waals surface area contributed by atoms with Gasteiger partial charge in [0.15, 0.2) is 41.7 Å². The van der Waals surface area contributed by atoms with Crippen LogP contribution in [0.2, 0.25) is 10.0 Å². The van der Waals surface area contributed by atoms with Gasteiger partial charge in [0.2, 0.25) is 47.5 Å². The van der Waals surface area contributed by atoms with Gasteiger partial charge in [-0.3, -0.25) is 33.8 Å². The Balaban J connectivity index is 1.03. The molecule has 2 fully saturated rings. The second-order valence-electron chi connectivity index (χ2n) is 30.0. The average Bonchev–Trinajstić information content (AvgIpc) is 0.940. The van der Waals surface area contributed by atoms with Crippen LogP contribution in [0.15, 0.2) is 154 Å². The van der Waals surface area contributed by atoms with E-state index < -0.39 is 203 Å². The number of thioether (sulfide) groups is 1. The summed E-state index contributed by atoms with van der Waals surface area (Å²) in [6, 6.07) is 19.9. The molecule has 0 saturated carbocycles. The largest absolute Gasteiger partial charge is 0.508 e. The van der Waals surface area contributed by atoms with E-state index in [9.17, 15) is 60.3 Å². The summed E-state index contributed by atoms with van der Waals surface area (Å²) in [6.45, 7) is 8.06. The van der Waals surface area contributed by atoms with Crippen LogP contribution in [0.3, 0.4) is 0 Å². The quantitative estimate of drug-likeness (QED) is 0.0428. The molecule has 8 aromatic rings. The Kier molecular flexibility index (Phi) is 25.4. The van der Waals surface area contributed by atoms with Crippen LogP contribution >= 0.6 is 35.0 Å². The third-order valence-corrected chi connectivity index (χ3v) is 22.3. The molecule has 0 spiro atoms. The number of carbonyl (C=O) groups excluding carboxylic acids is 6. The van der Waals surface area contributed by atoms with Crippen LogP contribution in [0.4, 0.5) is 0 Å². The number of phenolic OH excluding ortho intramolecular Hbond substituents is 3. The maximum absolute atomic E-state index is 16.4. The smallest absolute Gasteiger partial charge is 0.330 e. The lowest BCUT2D eigenvalue weighted by atomic mass is 9.86. The lowest BCUT2D eigenvalue weighted by molar-refractivity contribution is -0.329. The van der Waals surface area contributed by atoms with Crippen molar-refractivity contribution in [2.75, 3.05) is 12.8 Å². The number of nitrogens with one attached hydrogen (secondary N) is 6. The second-order valence-corrected chi connectivity index (χ2v) is 31.7. The first-order valence-electron chi connectivity index (χ1n) is 37.5. The zero-order valence-electron chi connectivity index (χ0n) is 64.0. The zero-order valence-corrected chi connectivity index (χ0v) is 66.3. The van der Waals surface area contributed by atoms with Gasteiger partial charge in [0.05, 0.1) is 46.9 Å². The van der Waals surface area contributed by atoms with Gasteiger partial charge in [0, 0.05) is 57.3 Å². The minimum Gasteiger partial charge on any atom is -0.508 e. The number of rotatable bonds is 17. The van der Waals surface area contributed by atoms with Crippen LogP contribution in [0, 0.1) is 5.92 Å². The monoisotopic (exact) mass is 1680 g/mol. The van der Waals surface area contributed by atoms with Gasteiger partial charge in [-0.05, 0) is 117 Å². The van der Waals surface area contributed by atoms with Gasteiger partial charge in [0.1, 0.15) is 77.0 Å². The molecular formula is C82H86Cl2N10O23S. The second kappa shape index (κ2) is 35.3. The number of carboxylic acids is 1. The van der Waals surface area contributed by atoms with Crippen LogP contribution in [-0.2, 0) is 47.8 Å². The number of ether oxygens (including phenoxy) is 6. The van der Waals surface area contributed by atoms with E-state index in [0.717, 1.165) is 48.2 Å². The fraction of sp³-hybridized carbons (Fsp3) is 0.354. The van der Waals surface area contributed by atoms with Crippen LogP contribution in [0.25, 0.3) is 33.7 Å². The Bertz CT molecular complexity index is 5140. The molecule has 33 nitrogen and oxygen atoms in total. The first kappa shape index (κ1) is 84.9. The molecule has 7 aliphatic heterocycles. The summed E-state index contributed by atoms with van der Waals surface area (Å²) >= 11 is 15.5. The predicted octanol–water partition coefficient (Wildman–Crippen LogP) is 6.57. The Morgan fingerprint density at radius 3 is 1.95 bits per heavy atom. The molecule has 36 heteroatoms.